The van der Waals surface area contributed by atoms with E-state index < -0.39 is 0 Å². The van der Waals surface area contributed by atoms with Gasteiger partial charge in [0.2, 0.25) is 0 Å². The van der Waals surface area contributed by atoms with Crippen molar-refractivity contribution in [3.63, 3.8) is 0 Å². The molecule has 0 aliphatic heterocycles. The summed E-state index contributed by atoms with van der Waals surface area (Å²) in [5.74, 6) is 0. The van der Waals surface area contributed by atoms with Crippen LogP contribution < -0.4 is 0 Å². The molecule has 0 aliphatic carbocycles. The van der Waals surface area contributed by atoms with E-state index in [-0.39, 0.29) is 6.61 Å². The van der Waals surface area contributed by atoms with Crippen molar-refractivity contribution in [1.29, 1.82) is 0 Å². The second-order valence-electron chi connectivity index (χ2n) is 6.06. The number of allylic oxidation sites excluding steroid dienone is 7. The molecule has 0 aromatic carbocycles. The molecule has 120 valence electrons. The summed E-state index contributed by atoms with van der Waals surface area (Å²) in [6, 6.07) is 0. The quantitative estimate of drug-likeness (QED) is 0.480. The van der Waals surface area contributed by atoms with Gasteiger partial charge in [-0.25, -0.2) is 0 Å². The molecule has 0 saturated carbocycles. The zero-order chi connectivity index (χ0) is 16.1. The number of hydrogen-bond acceptors (Lipinski definition) is 1. The van der Waals surface area contributed by atoms with Crippen molar-refractivity contribution in [2.45, 2.75) is 73.1 Å². The Balaban J connectivity index is 4.19. The molecule has 0 aromatic rings. The second-order valence-corrected chi connectivity index (χ2v) is 6.06. The Morgan fingerprint density at radius 1 is 0.810 bits per heavy atom. The Morgan fingerprint density at radius 2 is 1.43 bits per heavy atom. The number of aliphatic hydroxyl groups is 1. The fourth-order valence-corrected chi connectivity index (χ4v) is 2.05. The zero-order valence-electron chi connectivity index (χ0n) is 14.7. The van der Waals surface area contributed by atoms with Crippen LogP contribution >= 0.6 is 0 Å². The molecule has 0 fully saturated rings. The molecule has 0 rings (SSSR count). The molecule has 0 unspecified atom stereocenters. The molecule has 0 spiro atoms. The van der Waals surface area contributed by atoms with Crippen molar-refractivity contribution >= 4 is 0 Å². The number of hydrogen-bond donors (Lipinski definition) is 1. The first-order valence-corrected chi connectivity index (χ1v) is 8.23. The van der Waals surface area contributed by atoms with Crippen molar-refractivity contribution < 1.29 is 5.11 Å². The normalized spacial score (nSPS) is 13.5. The predicted molar refractivity (Wildman–Crippen MR) is 95.5 cm³/mol. The van der Waals surface area contributed by atoms with Crippen LogP contribution in [-0.2, 0) is 0 Å². The van der Waals surface area contributed by atoms with E-state index >= 15 is 0 Å². The molecule has 0 amide bonds. The number of rotatable bonds is 10. The molecule has 1 nitrogen and oxygen atoms in total. The second kappa shape index (κ2) is 12.6. The molecular formula is C20H34O. The van der Waals surface area contributed by atoms with Crippen molar-refractivity contribution in [2.75, 3.05) is 6.61 Å². The van der Waals surface area contributed by atoms with Gasteiger partial charge in [-0.05, 0) is 66.2 Å². The molecule has 0 aromatic heterocycles. The Morgan fingerprint density at radius 3 is 2.00 bits per heavy atom. The maximum atomic E-state index is 9.08. The third kappa shape index (κ3) is 12.4. The Kier molecular flexibility index (Phi) is 12.0. The standard InChI is InChI=1S/C20H34O/c1-6-18(4)9-7-10-19(5)11-8-12-20(15-16-21)14-13-17(2)3/h9,11,13,15,21H,6-8,10,12,14,16H2,1-5H3/b18-9+,19-11+,20-15-. The minimum atomic E-state index is 0.149. The first-order chi connectivity index (χ1) is 9.99. The van der Waals surface area contributed by atoms with Gasteiger partial charge in [-0.15, -0.1) is 0 Å². The van der Waals surface area contributed by atoms with Crippen LogP contribution in [0, 0.1) is 0 Å². The summed E-state index contributed by atoms with van der Waals surface area (Å²) >= 11 is 0. The summed E-state index contributed by atoms with van der Waals surface area (Å²) in [4.78, 5) is 0. The van der Waals surface area contributed by atoms with Crippen LogP contribution in [0.1, 0.15) is 73.1 Å². The molecule has 0 bridgehead atoms. The van der Waals surface area contributed by atoms with Gasteiger partial charge in [-0.3, -0.25) is 0 Å². The summed E-state index contributed by atoms with van der Waals surface area (Å²) in [7, 11) is 0. The summed E-state index contributed by atoms with van der Waals surface area (Å²) in [6.07, 6.45) is 15.4. The highest BCUT2D eigenvalue weighted by atomic mass is 16.2. The van der Waals surface area contributed by atoms with Crippen LogP contribution in [0.4, 0.5) is 0 Å². The lowest BCUT2D eigenvalue weighted by Gasteiger charge is -2.04. The van der Waals surface area contributed by atoms with E-state index in [1.165, 1.54) is 22.3 Å². The van der Waals surface area contributed by atoms with Gasteiger partial charge in [0.1, 0.15) is 0 Å². The molecule has 0 aliphatic rings. The first-order valence-electron chi connectivity index (χ1n) is 8.23. The minimum Gasteiger partial charge on any atom is -0.392 e. The van der Waals surface area contributed by atoms with Gasteiger partial charge in [-0.1, -0.05) is 53.5 Å². The third-order valence-electron chi connectivity index (χ3n) is 3.70. The van der Waals surface area contributed by atoms with Gasteiger partial charge in [0.25, 0.3) is 0 Å². The Hall–Kier alpha value is -1.08. The molecule has 1 N–H and O–H groups in total. The van der Waals surface area contributed by atoms with Gasteiger partial charge in [0.15, 0.2) is 0 Å². The van der Waals surface area contributed by atoms with Crippen LogP contribution in [0.2, 0.25) is 0 Å². The highest BCUT2D eigenvalue weighted by Gasteiger charge is 1.96. The Bertz CT molecular complexity index is 390. The molecule has 1 heteroatoms. The van der Waals surface area contributed by atoms with E-state index in [0.717, 1.165) is 38.5 Å². The average molecular weight is 290 g/mol. The molecular weight excluding hydrogens is 256 g/mol. The topological polar surface area (TPSA) is 20.2 Å². The third-order valence-corrected chi connectivity index (χ3v) is 3.70. The van der Waals surface area contributed by atoms with Crippen molar-refractivity contribution in [3.05, 3.63) is 46.6 Å². The molecule has 0 atom stereocenters. The molecule has 0 radical (unpaired) electrons. The summed E-state index contributed by atoms with van der Waals surface area (Å²) < 4.78 is 0. The van der Waals surface area contributed by atoms with Gasteiger partial charge < -0.3 is 5.11 Å². The smallest absolute Gasteiger partial charge is 0.0615 e. The fourth-order valence-electron chi connectivity index (χ4n) is 2.05. The average Bonchev–Trinajstić information content (AvgIpc) is 2.44. The van der Waals surface area contributed by atoms with E-state index in [1.54, 1.807) is 0 Å². The Labute approximate surface area is 132 Å². The summed E-state index contributed by atoms with van der Waals surface area (Å²) in [6.45, 7) is 11.0. The maximum absolute atomic E-state index is 9.08. The van der Waals surface area contributed by atoms with Crippen LogP contribution in [0.25, 0.3) is 0 Å². The van der Waals surface area contributed by atoms with E-state index in [4.69, 9.17) is 5.11 Å². The van der Waals surface area contributed by atoms with E-state index in [2.05, 4.69) is 52.8 Å². The van der Waals surface area contributed by atoms with E-state index in [1.807, 2.05) is 6.08 Å². The van der Waals surface area contributed by atoms with E-state index in [9.17, 15) is 0 Å². The van der Waals surface area contributed by atoms with E-state index in [0.29, 0.717) is 0 Å². The van der Waals surface area contributed by atoms with Gasteiger partial charge in [0, 0.05) is 0 Å². The zero-order valence-corrected chi connectivity index (χ0v) is 14.7. The monoisotopic (exact) mass is 290 g/mol. The van der Waals surface area contributed by atoms with Crippen molar-refractivity contribution in [2.24, 2.45) is 0 Å². The van der Waals surface area contributed by atoms with Crippen LogP contribution in [0.15, 0.2) is 46.6 Å². The summed E-state index contributed by atoms with van der Waals surface area (Å²) in [5, 5.41) is 9.08. The van der Waals surface area contributed by atoms with Crippen LogP contribution in [0.5, 0.6) is 0 Å². The lowest BCUT2D eigenvalue weighted by molar-refractivity contribution is 0.341. The maximum Gasteiger partial charge on any atom is 0.0615 e. The predicted octanol–water partition coefficient (Wildman–Crippen LogP) is 6.12. The fraction of sp³-hybridized carbons (Fsp3) is 0.600. The minimum absolute atomic E-state index is 0.149. The highest BCUT2D eigenvalue weighted by molar-refractivity contribution is 5.12. The lowest BCUT2D eigenvalue weighted by Crippen LogP contribution is -1.87. The molecule has 0 saturated heterocycles. The van der Waals surface area contributed by atoms with Crippen LogP contribution in [-0.4, -0.2) is 11.7 Å². The highest BCUT2D eigenvalue weighted by Crippen LogP contribution is 2.15. The largest absolute Gasteiger partial charge is 0.392 e. The van der Waals surface area contributed by atoms with Crippen molar-refractivity contribution in [1.82, 2.24) is 0 Å². The van der Waals surface area contributed by atoms with Gasteiger partial charge in [0.05, 0.1) is 6.61 Å². The molecule has 21 heavy (non-hydrogen) atoms. The van der Waals surface area contributed by atoms with Crippen molar-refractivity contribution in [3.8, 4) is 0 Å². The van der Waals surface area contributed by atoms with Gasteiger partial charge in [-0.2, -0.15) is 0 Å². The van der Waals surface area contributed by atoms with Gasteiger partial charge >= 0.3 is 0 Å². The molecule has 0 heterocycles. The first kappa shape index (κ1) is 19.9. The SMILES string of the molecule is CC/C(C)=C/CC/C(C)=C/CC/C(=C/CO)CC=C(C)C. The summed E-state index contributed by atoms with van der Waals surface area (Å²) in [5.41, 5.74) is 5.63. The van der Waals surface area contributed by atoms with Crippen LogP contribution in [0.3, 0.4) is 0 Å². The lowest BCUT2D eigenvalue weighted by atomic mass is 10.0. The number of aliphatic hydroxyl groups excluding tert-OH is 1.